The van der Waals surface area contributed by atoms with Crippen LogP contribution in [0.2, 0.25) is 0 Å². The minimum absolute atomic E-state index is 0. The van der Waals surface area contributed by atoms with Gasteiger partial charge in [0, 0.05) is 35.6 Å². The van der Waals surface area contributed by atoms with E-state index < -0.39 is 0 Å². The van der Waals surface area contributed by atoms with Crippen molar-refractivity contribution in [3.63, 3.8) is 0 Å². The second-order valence-electron chi connectivity index (χ2n) is 6.71. The fourth-order valence-corrected chi connectivity index (χ4v) is 3.17. The summed E-state index contributed by atoms with van der Waals surface area (Å²) >= 11 is 0. The molecule has 1 aromatic carbocycles. The number of carbonyl (C=O) groups is 1. The van der Waals surface area contributed by atoms with E-state index in [1.54, 1.807) is 30.6 Å². The van der Waals surface area contributed by atoms with Crippen molar-refractivity contribution in [1.29, 1.82) is 0 Å². The van der Waals surface area contributed by atoms with Gasteiger partial charge in [-0.2, -0.15) is 0 Å². The molecule has 0 radical (unpaired) electrons. The Labute approximate surface area is 184 Å². The van der Waals surface area contributed by atoms with Crippen LogP contribution in [0.4, 0.5) is 0 Å². The Morgan fingerprint density at radius 2 is 2.07 bits per heavy atom. The molecule has 1 saturated heterocycles. The number of ether oxygens (including phenoxy) is 2. The number of rotatable bonds is 7. The highest BCUT2D eigenvalue weighted by atomic mass is 35.5. The molecule has 0 saturated carbocycles. The Hall–Kier alpha value is -2.02. The lowest BCUT2D eigenvalue weighted by Crippen LogP contribution is -2.51. The molecule has 160 valence electrons. The molecule has 1 amide bonds. The van der Waals surface area contributed by atoms with E-state index in [0.29, 0.717) is 30.3 Å². The van der Waals surface area contributed by atoms with Crippen molar-refractivity contribution in [3.05, 3.63) is 53.9 Å². The van der Waals surface area contributed by atoms with E-state index in [2.05, 4.69) is 22.5 Å². The number of pyridine rings is 1. The van der Waals surface area contributed by atoms with Crippen molar-refractivity contribution >= 4 is 30.7 Å². The first-order valence-corrected chi connectivity index (χ1v) is 9.50. The molecular formula is C21H29Cl2N3O3. The molecule has 29 heavy (non-hydrogen) atoms. The van der Waals surface area contributed by atoms with Gasteiger partial charge >= 0.3 is 0 Å². The van der Waals surface area contributed by atoms with Crippen LogP contribution in [0.3, 0.4) is 0 Å². The largest absolute Gasteiger partial charge is 0.490 e. The van der Waals surface area contributed by atoms with Gasteiger partial charge in [0.15, 0.2) is 11.5 Å². The topological polar surface area (TPSA) is 72.5 Å². The maximum atomic E-state index is 12.7. The zero-order valence-electron chi connectivity index (χ0n) is 16.7. The molecular weight excluding hydrogens is 413 g/mol. The van der Waals surface area contributed by atoms with Gasteiger partial charge in [-0.15, -0.1) is 24.8 Å². The summed E-state index contributed by atoms with van der Waals surface area (Å²) in [6.45, 7) is 5.91. The average molecular weight is 442 g/mol. The van der Waals surface area contributed by atoms with E-state index in [1.807, 2.05) is 19.1 Å². The van der Waals surface area contributed by atoms with Crippen molar-refractivity contribution in [2.75, 3.05) is 13.2 Å². The van der Waals surface area contributed by atoms with Gasteiger partial charge in [0.2, 0.25) is 0 Å². The molecule has 2 atom stereocenters. The number of aromatic nitrogens is 1. The summed E-state index contributed by atoms with van der Waals surface area (Å²) in [5, 5.41) is 6.52. The Morgan fingerprint density at radius 3 is 2.76 bits per heavy atom. The number of carbonyl (C=O) groups excluding carboxylic acids is 1. The number of amides is 1. The van der Waals surface area contributed by atoms with Crippen LogP contribution in [0.15, 0.2) is 42.7 Å². The summed E-state index contributed by atoms with van der Waals surface area (Å²) in [6.07, 6.45) is 5.55. The third-order valence-electron chi connectivity index (χ3n) is 4.70. The Kier molecular flexibility index (Phi) is 10.8. The van der Waals surface area contributed by atoms with Gasteiger partial charge in [-0.05, 0) is 57.5 Å². The number of hydrogen-bond donors (Lipinski definition) is 2. The number of nitrogens with zero attached hydrogens (tertiary/aromatic N) is 1. The molecule has 0 bridgehead atoms. The predicted molar refractivity (Wildman–Crippen MR) is 119 cm³/mol. The zero-order valence-corrected chi connectivity index (χ0v) is 18.4. The number of benzene rings is 1. The van der Waals surface area contributed by atoms with Crippen LogP contribution < -0.4 is 20.1 Å². The van der Waals surface area contributed by atoms with Crippen LogP contribution in [0.1, 0.15) is 42.6 Å². The summed E-state index contributed by atoms with van der Waals surface area (Å²) in [7, 11) is 0. The summed E-state index contributed by atoms with van der Waals surface area (Å²) < 4.78 is 11.6. The number of hydrogen-bond acceptors (Lipinski definition) is 5. The van der Waals surface area contributed by atoms with Gasteiger partial charge in [-0.1, -0.05) is 6.07 Å². The van der Waals surface area contributed by atoms with Crippen molar-refractivity contribution in [2.24, 2.45) is 0 Å². The first-order valence-electron chi connectivity index (χ1n) is 9.50. The van der Waals surface area contributed by atoms with E-state index in [4.69, 9.17) is 9.47 Å². The third kappa shape index (κ3) is 7.07. The summed E-state index contributed by atoms with van der Waals surface area (Å²) in [4.78, 5) is 16.7. The highest BCUT2D eigenvalue weighted by Crippen LogP contribution is 2.29. The molecule has 1 fully saturated rings. The number of halogens is 2. The Balaban J connectivity index is 0.00000210. The van der Waals surface area contributed by atoms with Gasteiger partial charge in [0.1, 0.15) is 6.61 Å². The molecule has 8 heteroatoms. The van der Waals surface area contributed by atoms with Gasteiger partial charge < -0.3 is 20.1 Å². The maximum Gasteiger partial charge on any atom is 0.251 e. The fourth-order valence-electron chi connectivity index (χ4n) is 3.17. The van der Waals surface area contributed by atoms with Crippen molar-refractivity contribution in [1.82, 2.24) is 15.6 Å². The predicted octanol–water partition coefficient (Wildman–Crippen LogP) is 3.77. The van der Waals surface area contributed by atoms with Crippen molar-refractivity contribution < 1.29 is 14.3 Å². The fraction of sp³-hybridized carbons (Fsp3) is 0.429. The molecule has 6 nitrogen and oxygen atoms in total. The summed E-state index contributed by atoms with van der Waals surface area (Å²) in [5.41, 5.74) is 1.55. The first kappa shape index (κ1) is 25.0. The second-order valence-corrected chi connectivity index (χ2v) is 6.71. The monoisotopic (exact) mass is 441 g/mol. The lowest BCUT2D eigenvalue weighted by molar-refractivity contribution is 0.0919. The molecule has 2 aromatic rings. The van der Waals surface area contributed by atoms with Crippen LogP contribution >= 0.6 is 24.8 Å². The van der Waals surface area contributed by atoms with Gasteiger partial charge in [0.25, 0.3) is 5.91 Å². The Morgan fingerprint density at radius 1 is 1.24 bits per heavy atom. The minimum Gasteiger partial charge on any atom is -0.490 e. The SMILES string of the molecule is CCOc1cc(C(=O)NC2CCCNC2C)ccc1OCc1cccnc1.Cl.Cl. The van der Waals surface area contributed by atoms with Gasteiger partial charge in [-0.3, -0.25) is 9.78 Å². The third-order valence-corrected chi connectivity index (χ3v) is 4.70. The van der Waals surface area contributed by atoms with E-state index >= 15 is 0 Å². The molecule has 1 aliphatic rings. The highest BCUT2D eigenvalue weighted by Gasteiger charge is 2.23. The van der Waals surface area contributed by atoms with Crippen LogP contribution in [-0.2, 0) is 6.61 Å². The first-order chi connectivity index (χ1) is 13.2. The molecule has 2 unspecified atom stereocenters. The van der Waals surface area contributed by atoms with Crippen LogP contribution in [-0.4, -0.2) is 36.1 Å². The zero-order chi connectivity index (χ0) is 19.1. The Bertz CT molecular complexity index is 762. The maximum absolute atomic E-state index is 12.7. The molecule has 2 heterocycles. The minimum atomic E-state index is -0.0877. The molecule has 1 aliphatic heterocycles. The van der Waals surface area contributed by atoms with Crippen LogP contribution in [0.5, 0.6) is 11.5 Å². The second kappa shape index (κ2) is 12.5. The van der Waals surface area contributed by atoms with E-state index in [1.165, 1.54) is 0 Å². The molecule has 2 N–H and O–H groups in total. The van der Waals surface area contributed by atoms with Crippen LogP contribution in [0.25, 0.3) is 0 Å². The summed E-state index contributed by atoms with van der Waals surface area (Å²) in [6, 6.07) is 9.55. The van der Waals surface area contributed by atoms with E-state index in [-0.39, 0.29) is 42.8 Å². The van der Waals surface area contributed by atoms with Gasteiger partial charge in [-0.25, -0.2) is 0 Å². The molecule has 0 spiro atoms. The lowest BCUT2D eigenvalue weighted by Gasteiger charge is -2.30. The number of nitrogens with one attached hydrogen (secondary N) is 2. The van der Waals surface area contributed by atoms with E-state index in [0.717, 1.165) is 24.9 Å². The molecule has 0 aliphatic carbocycles. The van der Waals surface area contributed by atoms with Crippen LogP contribution in [0, 0.1) is 0 Å². The van der Waals surface area contributed by atoms with Crippen molar-refractivity contribution in [3.8, 4) is 11.5 Å². The lowest BCUT2D eigenvalue weighted by atomic mass is 9.99. The standard InChI is InChI=1S/C21H27N3O3.2ClH/c1-3-26-20-12-17(21(25)24-18-7-5-11-23-15(18)2)8-9-19(20)27-14-16-6-4-10-22-13-16;;/h4,6,8-10,12-13,15,18,23H,3,5,7,11,14H2,1-2H3,(H,24,25);2*1H. The molecule has 3 rings (SSSR count). The van der Waals surface area contributed by atoms with E-state index in [9.17, 15) is 4.79 Å². The highest BCUT2D eigenvalue weighted by molar-refractivity contribution is 5.95. The van der Waals surface area contributed by atoms with Gasteiger partial charge in [0.05, 0.1) is 6.61 Å². The summed E-state index contributed by atoms with van der Waals surface area (Å²) in [5.74, 6) is 1.10. The smallest absolute Gasteiger partial charge is 0.251 e. The number of piperidine rings is 1. The average Bonchev–Trinajstić information content (AvgIpc) is 2.69. The quantitative estimate of drug-likeness (QED) is 0.683. The normalized spacial score (nSPS) is 18.0. The molecule has 1 aromatic heterocycles. The van der Waals surface area contributed by atoms with Crippen molar-refractivity contribution in [2.45, 2.75) is 45.4 Å².